The van der Waals surface area contributed by atoms with Crippen LogP contribution in [0.15, 0.2) is 55.6 Å². The van der Waals surface area contributed by atoms with E-state index in [0.29, 0.717) is 28.4 Å². The standard InChI is InChI=1S/C17H16O4/c1-11(18)13-4-7-15(8-5-13)21-12(2)14-6-9-16(19)17(10-14)20-3/h4-10,18-19H,1-2H2,3H3. The first-order valence-corrected chi connectivity index (χ1v) is 6.23. The van der Waals surface area contributed by atoms with Crippen molar-refractivity contribution in [1.29, 1.82) is 0 Å². The van der Waals surface area contributed by atoms with Gasteiger partial charge in [0, 0.05) is 11.1 Å². The molecule has 0 saturated heterocycles. The van der Waals surface area contributed by atoms with Crippen LogP contribution >= 0.6 is 0 Å². The molecule has 108 valence electrons. The molecule has 0 saturated carbocycles. The van der Waals surface area contributed by atoms with E-state index in [1.807, 2.05) is 0 Å². The van der Waals surface area contributed by atoms with Crippen LogP contribution in [0.3, 0.4) is 0 Å². The zero-order valence-electron chi connectivity index (χ0n) is 11.7. The number of hydrogen-bond donors (Lipinski definition) is 2. The molecule has 4 heteroatoms. The molecule has 2 aromatic carbocycles. The Bertz CT molecular complexity index is 672. The fraction of sp³-hybridized carbons (Fsp3) is 0.0588. The van der Waals surface area contributed by atoms with Gasteiger partial charge >= 0.3 is 0 Å². The van der Waals surface area contributed by atoms with Gasteiger partial charge in [0.15, 0.2) is 11.5 Å². The molecule has 4 nitrogen and oxygen atoms in total. The van der Waals surface area contributed by atoms with Crippen LogP contribution < -0.4 is 9.47 Å². The monoisotopic (exact) mass is 284 g/mol. The van der Waals surface area contributed by atoms with E-state index in [0.717, 1.165) is 0 Å². The molecule has 2 rings (SSSR count). The smallest absolute Gasteiger partial charge is 0.161 e. The molecule has 0 heterocycles. The van der Waals surface area contributed by atoms with Crippen molar-refractivity contribution in [3.8, 4) is 17.2 Å². The quantitative estimate of drug-likeness (QED) is 0.815. The number of ether oxygens (including phenoxy) is 2. The number of rotatable bonds is 5. The molecule has 0 aliphatic heterocycles. The minimum absolute atomic E-state index is 0.00338. The number of methoxy groups -OCH3 is 1. The van der Waals surface area contributed by atoms with Crippen LogP contribution in [-0.4, -0.2) is 17.3 Å². The first-order chi connectivity index (χ1) is 10.0. The summed E-state index contributed by atoms with van der Waals surface area (Å²) in [6, 6.07) is 11.6. The minimum atomic E-state index is 0.00338. The van der Waals surface area contributed by atoms with E-state index in [-0.39, 0.29) is 11.5 Å². The fourth-order valence-electron chi connectivity index (χ4n) is 1.77. The van der Waals surface area contributed by atoms with Crippen molar-refractivity contribution in [2.24, 2.45) is 0 Å². The highest BCUT2D eigenvalue weighted by molar-refractivity contribution is 5.64. The molecule has 2 aromatic rings. The third kappa shape index (κ3) is 3.36. The second kappa shape index (κ2) is 6.05. The fourth-order valence-corrected chi connectivity index (χ4v) is 1.77. The lowest BCUT2D eigenvalue weighted by atomic mass is 10.1. The van der Waals surface area contributed by atoms with Gasteiger partial charge in [-0.1, -0.05) is 13.2 Å². The maximum atomic E-state index is 9.56. The van der Waals surface area contributed by atoms with E-state index < -0.39 is 0 Å². The maximum Gasteiger partial charge on any atom is 0.161 e. The molecular weight excluding hydrogens is 268 g/mol. The summed E-state index contributed by atoms with van der Waals surface area (Å²) in [5.41, 5.74) is 1.32. The lowest BCUT2D eigenvalue weighted by Crippen LogP contribution is -1.95. The van der Waals surface area contributed by atoms with E-state index in [2.05, 4.69) is 13.2 Å². The van der Waals surface area contributed by atoms with E-state index in [1.54, 1.807) is 36.4 Å². The zero-order valence-corrected chi connectivity index (χ0v) is 11.7. The second-order valence-corrected chi connectivity index (χ2v) is 4.38. The van der Waals surface area contributed by atoms with Crippen molar-refractivity contribution in [3.05, 3.63) is 66.7 Å². The molecule has 0 radical (unpaired) electrons. The Kier molecular flexibility index (Phi) is 4.18. The van der Waals surface area contributed by atoms with E-state index in [9.17, 15) is 10.2 Å². The zero-order chi connectivity index (χ0) is 15.4. The van der Waals surface area contributed by atoms with Crippen molar-refractivity contribution in [1.82, 2.24) is 0 Å². The largest absolute Gasteiger partial charge is 0.508 e. The van der Waals surface area contributed by atoms with E-state index in [4.69, 9.17) is 9.47 Å². The maximum absolute atomic E-state index is 9.56. The summed E-state index contributed by atoms with van der Waals surface area (Å²) < 4.78 is 10.7. The van der Waals surface area contributed by atoms with Crippen LogP contribution in [0.2, 0.25) is 0 Å². The lowest BCUT2D eigenvalue weighted by Gasteiger charge is -2.11. The molecule has 0 aromatic heterocycles. The summed E-state index contributed by atoms with van der Waals surface area (Å²) in [5, 5.41) is 18.8. The Balaban J connectivity index is 2.15. The first-order valence-electron chi connectivity index (χ1n) is 6.23. The van der Waals surface area contributed by atoms with Crippen molar-refractivity contribution in [3.63, 3.8) is 0 Å². The Hall–Kier alpha value is -2.88. The van der Waals surface area contributed by atoms with Crippen LogP contribution in [0.4, 0.5) is 0 Å². The second-order valence-electron chi connectivity index (χ2n) is 4.38. The average molecular weight is 284 g/mol. The number of aromatic hydroxyl groups is 1. The summed E-state index contributed by atoms with van der Waals surface area (Å²) in [6.07, 6.45) is 0. The van der Waals surface area contributed by atoms with Gasteiger partial charge in [-0.05, 0) is 42.5 Å². The van der Waals surface area contributed by atoms with Crippen LogP contribution in [-0.2, 0) is 0 Å². The predicted molar refractivity (Wildman–Crippen MR) is 82.4 cm³/mol. The topological polar surface area (TPSA) is 58.9 Å². The molecule has 0 atom stereocenters. The molecule has 2 N–H and O–H groups in total. The normalized spacial score (nSPS) is 9.95. The van der Waals surface area contributed by atoms with E-state index >= 15 is 0 Å². The van der Waals surface area contributed by atoms with Crippen LogP contribution in [0.25, 0.3) is 11.5 Å². The minimum Gasteiger partial charge on any atom is -0.508 e. The van der Waals surface area contributed by atoms with Gasteiger partial charge in [-0.2, -0.15) is 0 Å². The highest BCUT2D eigenvalue weighted by atomic mass is 16.5. The summed E-state index contributed by atoms with van der Waals surface area (Å²) in [6.45, 7) is 7.31. The lowest BCUT2D eigenvalue weighted by molar-refractivity contribution is 0.373. The number of phenolic OH excluding ortho intramolecular Hbond substituents is 1. The Labute approximate surface area is 123 Å². The van der Waals surface area contributed by atoms with E-state index in [1.165, 1.54) is 13.2 Å². The van der Waals surface area contributed by atoms with Gasteiger partial charge in [-0.15, -0.1) is 0 Å². The van der Waals surface area contributed by atoms with Gasteiger partial charge in [0.25, 0.3) is 0 Å². The van der Waals surface area contributed by atoms with Gasteiger partial charge in [-0.3, -0.25) is 0 Å². The third-order valence-corrected chi connectivity index (χ3v) is 2.93. The highest BCUT2D eigenvalue weighted by Crippen LogP contribution is 2.30. The van der Waals surface area contributed by atoms with Crippen LogP contribution in [0, 0.1) is 0 Å². The van der Waals surface area contributed by atoms with Crippen LogP contribution in [0.5, 0.6) is 17.2 Å². The van der Waals surface area contributed by atoms with Gasteiger partial charge in [0.2, 0.25) is 0 Å². The summed E-state index contributed by atoms with van der Waals surface area (Å²) in [4.78, 5) is 0. The molecule has 0 aliphatic carbocycles. The number of phenols is 1. The van der Waals surface area contributed by atoms with Gasteiger partial charge in [0.05, 0.1) is 7.11 Å². The predicted octanol–water partition coefficient (Wildman–Crippen LogP) is 3.98. The van der Waals surface area contributed by atoms with Crippen LogP contribution in [0.1, 0.15) is 11.1 Å². The molecule has 0 spiro atoms. The van der Waals surface area contributed by atoms with Gasteiger partial charge in [0.1, 0.15) is 17.3 Å². The Morgan fingerprint density at radius 1 is 1.00 bits per heavy atom. The van der Waals surface area contributed by atoms with Crippen molar-refractivity contribution < 1.29 is 19.7 Å². The average Bonchev–Trinajstić information content (AvgIpc) is 2.48. The Morgan fingerprint density at radius 3 is 2.19 bits per heavy atom. The van der Waals surface area contributed by atoms with Crippen molar-refractivity contribution >= 4 is 11.5 Å². The number of hydrogen-bond acceptors (Lipinski definition) is 4. The first kappa shape index (κ1) is 14.5. The summed E-state index contributed by atoms with van der Waals surface area (Å²) >= 11 is 0. The third-order valence-electron chi connectivity index (χ3n) is 2.93. The molecule has 0 bridgehead atoms. The molecule has 0 unspecified atom stereocenters. The number of benzene rings is 2. The van der Waals surface area contributed by atoms with Crippen molar-refractivity contribution in [2.75, 3.05) is 7.11 Å². The molecule has 21 heavy (non-hydrogen) atoms. The van der Waals surface area contributed by atoms with Crippen molar-refractivity contribution in [2.45, 2.75) is 0 Å². The molecular formula is C17H16O4. The number of aliphatic hydroxyl groups excluding tert-OH is 1. The highest BCUT2D eigenvalue weighted by Gasteiger charge is 2.07. The summed E-state index contributed by atoms with van der Waals surface area (Å²) in [7, 11) is 1.48. The number of aliphatic hydroxyl groups is 1. The SMILES string of the molecule is C=C(O)c1ccc(OC(=C)c2ccc(O)c(OC)c2)cc1. The molecule has 0 aliphatic rings. The van der Waals surface area contributed by atoms with Gasteiger partial charge < -0.3 is 19.7 Å². The summed E-state index contributed by atoms with van der Waals surface area (Å²) in [5.74, 6) is 1.41. The molecule has 0 fully saturated rings. The Morgan fingerprint density at radius 2 is 1.62 bits per heavy atom. The molecule has 0 amide bonds. The van der Waals surface area contributed by atoms with Gasteiger partial charge in [-0.25, -0.2) is 0 Å².